The summed E-state index contributed by atoms with van der Waals surface area (Å²) in [6.07, 6.45) is 0.689. The summed E-state index contributed by atoms with van der Waals surface area (Å²) in [6, 6.07) is 14.6. The second-order valence-corrected chi connectivity index (χ2v) is 6.22. The Balaban J connectivity index is 1.74. The summed E-state index contributed by atoms with van der Waals surface area (Å²) in [5.74, 6) is 0.505. The van der Waals surface area contributed by atoms with Crippen LogP contribution >= 0.6 is 0 Å². The topological polar surface area (TPSA) is 73.2 Å². The number of carbonyl (C=O) groups is 1. The molecule has 6 heteroatoms. The molecule has 0 bridgehead atoms. The third kappa shape index (κ3) is 2.73. The van der Waals surface area contributed by atoms with Crippen LogP contribution in [0.2, 0.25) is 0 Å². The predicted molar refractivity (Wildman–Crippen MR) is 98.4 cm³/mol. The van der Waals surface area contributed by atoms with Gasteiger partial charge in [0.2, 0.25) is 0 Å². The summed E-state index contributed by atoms with van der Waals surface area (Å²) in [5, 5.41) is 8.43. The quantitative estimate of drug-likeness (QED) is 0.789. The van der Waals surface area contributed by atoms with Crippen LogP contribution in [0.1, 0.15) is 35.4 Å². The minimum Gasteiger partial charge on any atom is -0.493 e. The zero-order chi connectivity index (χ0) is 18.1. The predicted octanol–water partition coefficient (Wildman–Crippen LogP) is 2.67. The van der Waals surface area contributed by atoms with Crippen LogP contribution in [0.25, 0.3) is 10.8 Å². The molecule has 0 fully saturated rings. The Hall–Kier alpha value is -3.15. The van der Waals surface area contributed by atoms with E-state index in [0.29, 0.717) is 30.3 Å². The van der Waals surface area contributed by atoms with Crippen LogP contribution in [0.5, 0.6) is 5.75 Å². The molecule has 26 heavy (non-hydrogen) atoms. The number of hydrogen-bond donors (Lipinski definition) is 1. The van der Waals surface area contributed by atoms with Gasteiger partial charge in [-0.25, -0.2) is 4.68 Å². The van der Waals surface area contributed by atoms with Crippen LogP contribution < -0.4 is 15.6 Å². The zero-order valence-electron chi connectivity index (χ0n) is 14.4. The van der Waals surface area contributed by atoms with Gasteiger partial charge in [0, 0.05) is 23.9 Å². The maximum absolute atomic E-state index is 13.0. The molecular weight excluding hydrogens is 330 g/mol. The molecule has 2 heterocycles. The third-order valence-corrected chi connectivity index (χ3v) is 4.65. The minimum absolute atomic E-state index is 0.144. The Labute approximate surface area is 150 Å². The fraction of sp³-hybridized carbons (Fsp3) is 0.250. The number of nitrogens with zero attached hydrogens (tertiary/aromatic N) is 2. The van der Waals surface area contributed by atoms with Gasteiger partial charge in [0.1, 0.15) is 5.75 Å². The SMILES string of the molecule is CCn1nc(C(=O)N[C@H]2CCOc3ccccc32)c2ccccc2c1=O. The highest BCUT2D eigenvalue weighted by molar-refractivity contribution is 6.04. The highest BCUT2D eigenvalue weighted by Gasteiger charge is 2.25. The number of amides is 1. The van der Waals surface area contributed by atoms with E-state index in [9.17, 15) is 9.59 Å². The number of carbonyl (C=O) groups excluding carboxylic acids is 1. The molecular formula is C20H19N3O3. The summed E-state index contributed by atoms with van der Waals surface area (Å²) in [7, 11) is 0. The molecule has 1 atom stereocenters. The van der Waals surface area contributed by atoms with Crippen LogP contribution in [0.3, 0.4) is 0 Å². The van der Waals surface area contributed by atoms with Crippen molar-refractivity contribution in [2.45, 2.75) is 25.9 Å². The van der Waals surface area contributed by atoms with Crippen molar-refractivity contribution in [1.82, 2.24) is 15.1 Å². The van der Waals surface area contributed by atoms with Crippen molar-refractivity contribution in [2.24, 2.45) is 0 Å². The fourth-order valence-corrected chi connectivity index (χ4v) is 3.34. The van der Waals surface area contributed by atoms with Crippen molar-refractivity contribution in [3.63, 3.8) is 0 Å². The van der Waals surface area contributed by atoms with Crippen LogP contribution in [-0.2, 0) is 6.54 Å². The lowest BCUT2D eigenvalue weighted by atomic mass is 10.00. The number of rotatable bonds is 3. The average Bonchev–Trinajstić information content (AvgIpc) is 2.69. The Morgan fingerprint density at radius 2 is 1.92 bits per heavy atom. The number of aromatic nitrogens is 2. The standard InChI is InChI=1S/C20H19N3O3/c1-2-23-20(25)14-8-4-3-7-13(14)18(22-23)19(24)21-16-11-12-26-17-10-6-5-9-15(16)17/h3-10,16H,2,11-12H2,1H3,(H,21,24)/t16-/m0/s1. The molecule has 0 spiro atoms. The lowest BCUT2D eigenvalue weighted by molar-refractivity contribution is 0.0919. The highest BCUT2D eigenvalue weighted by atomic mass is 16.5. The van der Waals surface area contributed by atoms with Crippen LogP contribution in [-0.4, -0.2) is 22.3 Å². The van der Waals surface area contributed by atoms with E-state index in [1.54, 1.807) is 24.3 Å². The lowest BCUT2D eigenvalue weighted by Gasteiger charge is -2.26. The van der Waals surface area contributed by atoms with Gasteiger partial charge in [-0.3, -0.25) is 9.59 Å². The van der Waals surface area contributed by atoms with E-state index in [1.807, 2.05) is 31.2 Å². The molecule has 0 aliphatic carbocycles. The molecule has 132 valence electrons. The van der Waals surface area contributed by atoms with Gasteiger partial charge < -0.3 is 10.1 Å². The van der Waals surface area contributed by atoms with Gasteiger partial charge in [-0.15, -0.1) is 0 Å². The molecule has 0 unspecified atom stereocenters. The van der Waals surface area contributed by atoms with Crippen molar-refractivity contribution in [1.29, 1.82) is 0 Å². The van der Waals surface area contributed by atoms with Gasteiger partial charge in [0.15, 0.2) is 5.69 Å². The summed E-state index contributed by atoms with van der Waals surface area (Å²) in [6.45, 7) is 2.79. The second-order valence-electron chi connectivity index (χ2n) is 6.22. The number of hydrogen-bond acceptors (Lipinski definition) is 4. The van der Waals surface area contributed by atoms with Crippen LogP contribution in [0.15, 0.2) is 53.3 Å². The molecule has 1 amide bonds. The number of ether oxygens (including phenoxy) is 1. The smallest absolute Gasteiger partial charge is 0.274 e. The zero-order valence-corrected chi connectivity index (χ0v) is 14.4. The van der Waals surface area contributed by atoms with Crippen molar-refractivity contribution in [3.05, 3.63) is 70.1 Å². The molecule has 0 saturated heterocycles. The molecule has 1 aliphatic heterocycles. The number of nitrogens with one attached hydrogen (secondary N) is 1. The molecule has 6 nitrogen and oxygen atoms in total. The van der Waals surface area contributed by atoms with Crippen molar-refractivity contribution < 1.29 is 9.53 Å². The average molecular weight is 349 g/mol. The molecule has 1 N–H and O–H groups in total. The monoisotopic (exact) mass is 349 g/mol. The number of aryl methyl sites for hydroxylation is 1. The Bertz CT molecular complexity index is 1040. The Morgan fingerprint density at radius 3 is 2.73 bits per heavy atom. The van der Waals surface area contributed by atoms with Crippen LogP contribution in [0.4, 0.5) is 0 Å². The maximum Gasteiger partial charge on any atom is 0.274 e. The van der Waals surface area contributed by atoms with Crippen molar-refractivity contribution in [3.8, 4) is 5.75 Å². The first-order chi connectivity index (χ1) is 12.7. The van der Waals surface area contributed by atoms with Gasteiger partial charge in [0.25, 0.3) is 11.5 Å². The van der Waals surface area contributed by atoms with Gasteiger partial charge in [-0.05, 0) is 19.1 Å². The summed E-state index contributed by atoms with van der Waals surface area (Å²) in [4.78, 5) is 25.4. The van der Waals surface area contributed by atoms with E-state index in [0.717, 1.165) is 11.3 Å². The number of benzene rings is 2. The van der Waals surface area contributed by atoms with E-state index in [4.69, 9.17) is 4.74 Å². The first-order valence-corrected chi connectivity index (χ1v) is 8.71. The maximum atomic E-state index is 13.0. The summed E-state index contributed by atoms with van der Waals surface area (Å²) in [5.41, 5.74) is 1.04. The van der Waals surface area contributed by atoms with Crippen molar-refractivity contribution >= 4 is 16.7 Å². The second kappa shape index (κ2) is 6.63. The minimum atomic E-state index is -0.287. The Morgan fingerprint density at radius 1 is 1.19 bits per heavy atom. The number of fused-ring (bicyclic) bond motifs is 2. The molecule has 1 aliphatic rings. The van der Waals surface area contributed by atoms with Gasteiger partial charge in [0.05, 0.1) is 18.0 Å². The third-order valence-electron chi connectivity index (χ3n) is 4.65. The first-order valence-electron chi connectivity index (χ1n) is 8.71. The van der Waals surface area contributed by atoms with Crippen LogP contribution in [0, 0.1) is 0 Å². The fourth-order valence-electron chi connectivity index (χ4n) is 3.34. The summed E-state index contributed by atoms with van der Waals surface area (Å²) < 4.78 is 6.98. The molecule has 0 radical (unpaired) electrons. The molecule has 4 rings (SSSR count). The van der Waals surface area contributed by atoms with Crippen molar-refractivity contribution in [2.75, 3.05) is 6.61 Å². The molecule has 0 saturated carbocycles. The van der Waals surface area contributed by atoms with E-state index < -0.39 is 0 Å². The highest BCUT2D eigenvalue weighted by Crippen LogP contribution is 2.31. The van der Waals surface area contributed by atoms with E-state index in [2.05, 4.69) is 10.4 Å². The lowest BCUT2D eigenvalue weighted by Crippen LogP contribution is -2.34. The molecule has 1 aromatic heterocycles. The van der Waals surface area contributed by atoms with E-state index in [-0.39, 0.29) is 23.2 Å². The molecule has 2 aromatic carbocycles. The summed E-state index contributed by atoms with van der Waals surface area (Å²) >= 11 is 0. The number of para-hydroxylation sites is 1. The first kappa shape index (κ1) is 16.3. The van der Waals surface area contributed by atoms with Gasteiger partial charge in [-0.2, -0.15) is 5.10 Å². The van der Waals surface area contributed by atoms with E-state index >= 15 is 0 Å². The van der Waals surface area contributed by atoms with Gasteiger partial charge in [-0.1, -0.05) is 36.4 Å². The normalized spacial score (nSPS) is 16.0. The van der Waals surface area contributed by atoms with Gasteiger partial charge >= 0.3 is 0 Å². The molecule has 3 aromatic rings. The van der Waals surface area contributed by atoms with E-state index in [1.165, 1.54) is 4.68 Å². The Kier molecular flexibility index (Phi) is 4.16. The largest absolute Gasteiger partial charge is 0.493 e.